The van der Waals surface area contributed by atoms with Crippen molar-refractivity contribution >= 4 is 56.6 Å². The average Bonchev–Trinajstić information content (AvgIpc) is 2.69. The quantitative estimate of drug-likeness (QED) is 0.625. The summed E-state index contributed by atoms with van der Waals surface area (Å²) in [5, 5.41) is 3.81. The highest BCUT2D eigenvalue weighted by atomic mass is 35.5. The van der Waals surface area contributed by atoms with E-state index in [1.807, 2.05) is 0 Å². The first-order valence-electron chi connectivity index (χ1n) is 8.84. The van der Waals surface area contributed by atoms with E-state index in [1.165, 1.54) is 22.1 Å². The molecule has 0 aromatic heterocycles. The van der Waals surface area contributed by atoms with Crippen molar-refractivity contribution in [3.63, 3.8) is 0 Å². The highest BCUT2D eigenvalue weighted by Crippen LogP contribution is 2.30. The van der Waals surface area contributed by atoms with Gasteiger partial charge in [0.15, 0.2) is 0 Å². The Hall–Kier alpha value is -1.25. The second-order valence-electron chi connectivity index (χ2n) is 6.40. The Labute approximate surface area is 179 Å². The predicted molar refractivity (Wildman–Crippen MR) is 115 cm³/mol. The maximum Gasteiger partial charge on any atom is 0.243 e. The highest BCUT2D eigenvalue weighted by Gasteiger charge is 2.26. The first-order chi connectivity index (χ1) is 13.4. The van der Waals surface area contributed by atoms with Crippen LogP contribution in [0.15, 0.2) is 52.3 Å². The van der Waals surface area contributed by atoms with E-state index < -0.39 is 10.0 Å². The number of carbonyl (C=O) groups excluding carboxylic acids is 1. The van der Waals surface area contributed by atoms with Crippen LogP contribution in [0.2, 0.25) is 10.0 Å². The molecular formula is C19H20Cl2N2O3S2. The molecular weight excluding hydrogens is 439 g/mol. The minimum Gasteiger partial charge on any atom is -0.325 e. The third-order valence-corrected chi connectivity index (χ3v) is 7.95. The third-order valence-electron chi connectivity index (χ3n) is 4.32. The summed E-state index contributed by atoms with van der Waals surface area (Å²) < 4.78 is 27.1. The molecule has 0 unspecified atom stereocenters. The molecule has 150 valence electrons. The first kappa shape index (κ1) is 21.5. The van der Waals surface area contributed by atoms with Gasteiger partial charge in [-0.2, -0.15) is 4.31 Å². The van der Waals surface area contributed by atoms with Crippen LogP contribution in [-0.4, -0.2) is 37.5 Å². The van der Waals surface area contributed by atoms with Crippen LogP contribution in [0.1, 0.15) is 19.3 Å². The number of amides is 1. The summed E-state index contributed by atoms with van der Waals surface area (Å²) in [7, 11) is -3.54. The van der Waals surface area contributed by atoms with E-state index >= 15 is 0 Å². The third kappa shape index (κ3) is 5.42. The van der Waals surface area contributed by atoms with E-state index in [-0.39, 0.29) is 16.6 Å². The normalized spacial score (nSPS) is 15.4. The SMILES string of the molecule is O=C(CSc1cc(Cl)ccc1Cl)Nc1cccc(S(=O)(=O)N2CCCCC2)c1. The second kappa shape index (κ2) is 9.50. The zero-order chi connectivity index (χ0) is 20.1. The fourth-order valence-corrected chi connectivity index (χ4v) is 5.77. The van der Waals surface area contributed by atoms with Crippen LogP contribution in [-0.2, 0) is 14.8 Å². The number of piperidine rings is 1. The Morgan fingerprint density at radius 3 is 2.57 bits per heavy atom. The van der Waals surface area contributed by atoms with E-state index in [9.17, 15) is 13.2 Å². The number of sulfonamides is 1. The molecule has 0 bridgehead atoms. The zero-order valence-corrected chi connectivity index (χ0v) is 18.2. The standard InChI is InChI=1S/C19H20Cl2N2O3S2/c20-14-7-8-17(21)18(11-14)27-13-19(24)22-15-5-4-6-16(12-15)28(25,26)23-9-2-1-3-10-23/h4-8,11-12H,1-3,9-10,13H2,(H,22,24). The van der Waals surface area contributed by atoms with Gasteiger partial charge >= 0.3 is 0 Å². The number of halogens is 2. The van der Waals surface area contributed by atoms with Gasteiger partial charge in [-0.15, -0.1) is 11.8 Å². The molecule has 0 aliphatic carbocycles. The topological polar surface area (TPSA) is 66.5 Å². The van der Waals surface area contributed by atoms with Crippen molar-refractivity contribution < 1.29 is 13.2 Å². The Morgan fingerprint density at radius 1 is 1.07 bits per heavy atom. The van der Waals surface area contributed by atoms with Crippen LogP contribution in [0.25, 0.3) is 0 Å². The lowest BCUT2D eigenvalue weighted by Gasteiger charge is -2.26. The molecule has 2 aromatic rings. The predicted octanol–water partition coefficient (Wildman–Crippen LogP) is 4.90. The molecule has 1 amide bonds. The molecule has 1 saturated heterocycles. The lowest BCUT2D eigenvalue weighted by atomic mass is 10.2. The summed E-state index contributed by atoms with van der Waals surface area (Å²) in [4.78, 5) is 13.2. The molecule has 1 aliphatic rings. The number of carbonyl (C=O) groups is 1. The number of hydrogen-bond acceptors (Lipinski definition) is 4. The van der Waals surface area contributed by atoms with Gasteiger partial charge in [-0.05, 0) is 49.2 Å². The molecule has 1 fully saturated rings. The van der Waals surface area contributed by atoms with Crippen molar-refractivity contribution in [2.75, 3.05) is 24.2 Å². The van der Waals surface area contributed by atoms with E-state index in [4.69, 9.17) is 23.2 Å². The smallest absolute Gasteiger partial charge is 0.243 e. The average molecular weight is 459 g/mol. The summed E-state index contributed by atoms with van der Waals surface area (Å²) in [6, 6.07) is 11.4. The molecule has 0 radical (unpaired) electrons. The lowest BCUT2D eigenvalue weighted by Crippen LogP contribution is -2.35. The Morgan fingerprint density at radius 2 is 1.82 bits per heavy atom. The van der Waals surface area contributed by atoms with Gasteiger partial charge in [0.1, 0.15) is 0 Å². The van der Waals surface area contributed by atoms with E-state index in [1.54, 1.807) is 36.4 Å². The minimum absolute atomic E-state index is 0.128. The molecule has 0 saturated carbocycles. The molecule has 1 aliphatic heterocycles. The summed E-state index contributed by atoms with van der Waals surface area (Å²) >= 11 is 13.3. The van der Waals surface area contributed by atoms with Gasteiger partial charge in [0.25, 0.3) is 0 Å². The fraction of sp³-hybridized carbons (Fsp3) is 0.316. The van der Waals surface area contributed by atoms with Gasteiger partial charge in [0.05, 0.1) is 15.7 Å². The van der Waals surface area contributed by atoms with Crippen LogP contribution in [0, 0.1) is 0 Å². The molecule has 9 heteroatoms. The Balaban J connectivity index is 1.65. The Kier molecular flexibility index (Phi) is 7.28. The zero-order valence-electron chi connectivity index (χ0n) is 15.0. The van der Waals surface area contributed by atoms with Gasteiger partial charge in [0, 0.05) is 28.7 Å². The van der Waals surface area contributed by atoms with Crippen molar-refractivity contribution in [3.05, 3.63) is 52.5 Å². The number of hydrogen-bond donors (Lipinski definition) is 1. The Bertz CT molecular complexity index is 961. The summed E-state index contributed by atoms with van der Waals surface area (Å²) in [5.41, 5.74) is 0.445. The molecule has 3 rings (SSSR count). The molecule has 1 N–H and O–H groups in total. The first-order valence-corrected chi connectivity index (χ1v) is 12.0. The van der Waals surface area contributed by atoms with Crippen molar-refractivity contribution in [1.29, 1.82) is 0 Å². The van der Waals surface area contributed by atoms with E-state index in [2.05, 4.69) is 5.32 Å². The maximum atomic E-state index is 12.8. The second-order valence-corrected chi connectivity index (χ2v) is 10.2. The summed E-state index contributed by atoms with van der Waals surface area (Å²) in [6.45, 7) is 1.08. The molecule has 28 heavy (non-hydrogen) atoms. The number of thioether (sulfide) groups is 1. The summed E-state index contributed by atoms with van der Waals surface area (Å²) in [6.07, 6.45) is 2.80. The van der Waals surface area contributed by atoms with Crippen LogP contribution >= 0.6 is 35.0 Å². The van der Waals surface area contributed by atoms with Crippen molar-refractivity contribution in [2.24, 2.45) is 0 Å². The largest absolute Gasteiger partial charge is 0.325 e. The van der Waals surface area contributed by atoms with Gasteiger partial charge in [0.2, 0.25) is 15.9 Å². The summed E-state index contributed by atoms with van der Waals surface area (Å²) in [5.74, 6) is -0.128. The number of benzene rings is 2. The van der Waals surface area contributed by atoms with Gasteiger partial charge in [-0.1, -0.05) is 35.7 Å². The molecule has 0 atom stereocenters. The van der Waals surface area contributed by atoms with Crippen LogP contribution < -0.4 is 5.32 Å². The van der Waals surface area contributed by atoms with Crippen LogP contribution in [0.3, 0.4) is 0 Å². The number of rotatable bonds is 6. The maximum absolute atomic E-state index is 12.8. The number of nitrogens with zero attached hydrogens (tertiary/aromatic N) is 1. The number of nitrogens with one attached hydrogen (secondary N) is 1. The van der Waals surface area contributed by atoms with Crippen LogP contribution in [0.4, 0.5) is 5.69 Å². The van der Waals surface area contributed by atoms with Crippen molar-refractivity contribution in [3.8, 4) is 0 Å². The van der Waals surface area contributed by atoms with E-state index in [0.717, 1.165) is 19.3 Å². The number of anilines is 1. The highest BCUT2D eigenvalue weighted by molar-refractivity contribution is 8.00. The molecule has 1 heterocycles. The van der Waals surface area contributed by atoms with Crippen molar-refractivity contribution in [1.82, 2.24) is 4.31 Å². The monoisotopic (exact) mass is 458 g/mol. The van der Waals surface area contributed by atoms with Gasteiger partial charge in [-0.3, -0.25) is 4.79 Å². The lowest BCUT2D eigenvalue weighted by molar-refractivity contribution is -0.113. The van der Waals surface area contributed by atoms with Crippen LogP contribution in [0.5, 0.6) is 0 Å². The van der Waals surface area contributed by atoms with Gasteiger partial charge < -0.3 is 5.32 Å². The van der Waals surface area contributed by atoms with Gasteiger partial charge in [-0.25, -0.2) is 8.42 Å². The molecule has 0 spiro atoms. The minimum atomic E-state index is -3.54. The van der Waals surface area contributed by atoms with Crippen molar-refractivity contribution in [2.45, 2.75) is 29.1 Å². The fourth-order valence-electron chi connectivity index (χ4n) is 2.92. The molecule has 5 nitrogen and oxygen atoms in total. The van der Waals surface area contributed by atoms with E-state index in [0.29, 0.717) is 33.7 Å². The molecule has 2 aromatic carbocycles.